The average Bonchev–Trinajstić information content (AvgIpc) is 2.46. The number of nitrogens with one attached hydrogen (secondary N) is 1. The molecule has 1 aliphatic rings. The van der Waals surface area contributed by atoms with Crippen molar-refractivity contribution in [1.29, 1.82) is 0 Å². The molecule has 116 valence electrons. The molecule has 1 atom stereocenters. The third-order valence-corrected chi connectivity index (χ3v) is 3.76. The van der Waals surface area contributed by atoms with Crippen LogP contribution in [0.3, 0.4) is 0 Å². The molecule has 0 aromatic heterocycles. The van der Waals surface area contributed by atoms with E-state index >= 15 is 0 Å². The van der Waals surface area contributed by atoms with Crippen molar-refractivity contribution < 1.29 is 18.0 Å². The number of aryl methyl sites for hydroxylation is 1. The van der Waals surface area contributed by atoms with Gasteiger partial charge in [0.15, 0.2) is 0 Å². The van der Waals surface area contributed by atoms with Crippen LogP contribution in [-0.2, 0) is 6.42 Å². The van der Waals surface area contributed by atoms with Crippen LogP contribution in [0.1, 0.15) is 25.3 Å². The molecule has 0 bridgehead atoms. The Morgan fingerprint density at radius 2 is 2.19 bits per heavy atom. The highest BCUT2D eigenvalue weighted by molar-refractivity contribution is 5.89. The van der Waals surface area contributed by atoms with Gasteiger partial charge in [-0.15, -0.1) is 0 Å². The third kappa shape index (κ3) is 4.12. The highest BCUT2D eigenvalue weighted by Gasteiger charge is 2.42. The lowest BCUT2D eigenvalue weighted by Gasteiger charge is -2.33. The first kappa shape index (κ1) is 15.7. The maximum Gasteiger partial charge on any atom is 0.393 e. The molecule has 1 aromatic rings. The fraction of sp³-hybridized carbons (Fsp3) is 0.533. The smallest absolute Gasteiger partial charge is 0.324 e. The number of benzene rings is 1. The summed E-state index contributed by atoms with van der Waals surface area (Å²) in [5, 5.41) is 2.68. The monoisotopic (exact) mass is 300 g/mol. The average molecular weight is 300 g/mol. The van der Waals surface area contributed by atoms with E-state index in [4.69, 9.17) is 0 Å². The summed E-state index contributed by atoms with van der Waals surface area (Å²) >= 11 is 0. The van der Waals surface area contributed by atoms with Crippen molar-refractivity contribution in [1.82, 2.24) is 4.90 Å². The molecule has 21 heavy (non-hydrogen) atoms. The van der Waals surface area contributed by atoms with E-state index in [1.807, 2.05) is 25.1 Å². The van der Waals surface area contributed by atoms with Crippen molar-refractivity contribution in [2.75, 3.05) is 18.4 Å². The van der Waals surface area contributed by atoms with Gasteiger partial charge in [-0.1, -0.05) is 19.1 Å². The Labute approximate surface area is 122 Å². The van der Waals surface area contributed by atoms with Gasteiger partial charge in [-0.2, -0.15) is 13.2 Å². The zero-order valence-corrected chi connectivity index (χ0v) is 11.9. The van der Waals surface area contributed by atoms with Gasteiger partial charge in [0.05, 0.1) is 5.92 Å². The van der Waals surface area contributed by atoms with Crippen LogP contribution in [0.4, 0.5) is 23.7 Å². The number of hydrogen-bond acceptors (Lipinski definition) is 1. The molecule has 2 rings (SSSR count). The highest BCUT2D eigenvalue weighted by atomic mass is 19.4. The molecule has 0 unspecified atom stereocenters. The lowest BCUT2D eigenvalue weighted by Crippen LogP contribution is -2.46. The van der Waals surface area contributed by atoms with Gasteiger partial charge in [-0.05, 0) is 37.0 Å². The van der Waals surface area contributed by atoms with E-state index < -0.39 is 18.1 Å². The first-order valence-electron chi connectivity index (χ1n) is 7.11. The molecule has 0 saturated carbocycles. The molecule has 1 heterocycles. The zero-order valence-electron chi connectivity index (χ0n) is 11.9. The Morgan fingerprint density at radius 3 is 2.86 bits per heavy atom. The van der Waals surface area contributed by atoms with E-state index in [1.54, 1.807) is 6.07 Å². The maximum atomic E-state index is 12.7. The Morgan fingerprint density at radius 1 is 1.43 bits per heavy atom. The van der Waals surface area contributed by atoms with Gasteiger partial charge in [-0.25, -0.2) is 4.79 Å². The number of urea groups is 1. The summed E-state index contributed by atoms with van der Waals surface area (Å²) in [6.45, 7) is 2.11. The van der Waals surface area contributed by atoms with Crippen LogP contribution in [0, 0.1) is 5.92 Å². The second-order valence-corrected chi connectivity index (χ2v) is 5.31. The van der Waals surface area contributed by atoms with Crippen LogP contribution in [0.25, 0.3) is 0 Å². The summed E-state index contributed by atoms with van der Waals surface area (Å²) in [5.41, 5.74) is 1.69. The Balaban J connectivity index is 1.99. The Kier molecular flexibility index (Phi) is 4.75. The number of halogens is 3. The van der Waals surface area contributed by atoms with Gasteiger partial charge in [0.2, 0.25) is 0 Å². The number of piperidine rings is 1. The molecule has 1 saturated heterocycles. The van der Waals surface area contributed by atoms with Gasteiger partial charge in [0.1, 0.15) is 0 Å². The molecule has 3 nitrogen and oxygen atoms in total. The molecule has 6 heteroatoms. The van der Waals surface area contributed by atoms with Crippen LogP contribution >= 0.6 is 0 Å². The second-order valence-electron chi connectivity index (χ2n) is 5.31. The quantitative estimate of drug-likeness (QED) is 0.878. The molecule has 1 N–H and O–H groups in total. The summed E-state index contributed by atoms with van der Waals surface area (Å²) in [6.07, 6.45) is -2.92. The number of carbonyl (C=O) groups is 1. The second kappa shape index (κ2) is 6.37. The number of amides is 2. The van der Waals surface area contributed by atoms with Crippen molar-refractivity contribution in [3.05, 3.63) is 29.8 Å². The van der Waals surface area contributed by atoms with E-state index in [0.717, 1.165) is 12.0 Å². The van der Waals surface area contributed by atoms with E-state index in [1.165, 1.54) is 4.90 Å². The number of carbonyl (C=O) groups excluding carboxylic acids is 1. The fourth-order valence-corrected chi connectivity index (χ4v) is 2.50. The van der Waals surface area contributed by atoms with Gasteiger partial charge in [-0.3, -0.25) is 0 Å². The largest absolute Gasteiger partial charge is 0.393 e. The topological polar surface area (TPSA) is 32.3 Å². The molecular weight excluding hydrogens is 281 g/mol. The van der Waals surface area contributed by atoms with Crippen molar-refractivity contribution in [3.63, 3.8) is 0 Å². The molecule has 0 spiro atoms. The SMILES string of the molecule is CCc1cccc(NC(=O)N2CCC[C@H](C(F)(F)F)C2)c1. The minimum absolute atomic E-state index is 0.0958. The zero-order chi connectivity index (χ0) is 15.5. The number of likely N-dealkylation sites (tertiary alicyclic amines) is 1. The minimum Gasteiger partial charge on any atom is -0.324 e. The Hall–Kier alpha value is -1.72. The van der Waals surface area contributed by atoms with E-state index in [9.17, 15) is 18.0 Å². The van der Waals surface area contributed by atoms with Crippen molar-refractivity contribution in [2.45, 2.75) is 32.4 Å². The van der Waals surface area contributed by atoms with E-state index in [-0.39, 0.29) is 13.0 Å². The molecular formula is C15H19F3N2O. The lowest BCUT2D eigenvalue weighted by molar-refractivity contribution is -0.183. The number of anilines is 1. The standard InChI is InChI=1S/C15H19F3N2O/c1-2-11-5-3-7-13(9-11)19-14(21)20-8-4-6-12(10-20)15(16,17)18/h3,5,7,9,12H,2,4,6,8,10H2,1H3,(H,19,21)/t12-/m0/s1. The first-order chi connectivity index (χ1) is 9.90. The van der Waals surface area contributed by atoms with Crippen LogP contribution in [0.15, 0.2) is 24.3 Å². The van der Waals surface area contributed by atoms with Crippen LogP contribution in [0.2, 0.25) is 0 Å². The normalized spacial score (nSPS) is 19.4. The summed E-state index contributed by atoms with van der Waals surface area (Å²) < 4.78 is 38.2. The van der Waals surface area contributed by atoms with Crippen LogP contribution in [-0.4, -0.2) is 30.2 Å². The number of alkyl halides is 3. The molecule has 1 fully saturated rings. The van der Waals surface area contributed by atoms with Crippen LogP contribution in [0.5, 0.6) is 0 Å². The van der Waals surface area contributed by atoms with Crippen LogP contribution < -0.4 is 5.32 Å². The summed E-state index contributed by atoms with van der Waals surface area (Å²) in [5.74, 6) is -1.42. The van der Waals surface area contributed by atoms with Gasteiger partial charge in [0, 0.05) is 18.8 Å². The summed E-state index contributed by atoms with van der Waals surface area (Å²) in [6, 6.07) is 6.88. The van der Waals surface area contributed by atoms with Crippen molar-refractivity contribution >= 4 is 11.7 Å². The van der Waals surface area contributed by atoms with Gasteiger partial charge >= 0.3 is 12.2 Å². The van der Waals surface area contributed by atoms with E-state index in [0.29, 0.717) is 18.7 Å². The predicted octanol–water partition coefficient (Wildman–Crippen LogP) is 4.06. The molecule has 0 aliphatic carbocycles. The fourth-order valence-electron chi connectivity index (χ4n) is 2.50. The number of hydrogen-bond donors (Lipinski definition) is 1. The van der Waals surface area contributed by atoms with Crippen molar-refractivity contribution in [2.24, 2.45) is 5.92 Å². The minimum atomic E-state index is -4.24. The highest BCUT2D eigenvalue weighted by Crippen LogP contribution is 2.33. The summed E-state index contributed by atoms with van der Waals surface area (Å²) in [7, 11) is 0. The Bertz CT molecular complexity index is 502. The molecule has 1 aromatic carbocycles. The van der Waals surface area contributed by atoms with Gasteiger partial charge < -0.3 is 10.2 Å². The van der Waals surface area contributed by atoms with E-state index in [2.05, 4.69) is 5.32 Å². The molecule has 2 amide bonds. The molecule has 1 aliphatic heterocycles. The first-order valence-corrected chi connectivity index (χ1v) is 7.11. The summed E-state index contributed by atoms with van der Waals surface area (Å²) in [4.78, 5) is 13.3. The third-order valence-electron chi connectivity index (χ3n) is 3.76. The van der Waals surface area contributed by atoms with Gasteiger partial charge in [0.25, 0.3) is 0 Å². The number of nitrogens with zero attached hydrogens (tertiary/aromatic N) is 1. The van der Waals surface area contributed by atoms with Crippen molar-refractivity contribution in [3.8, 4) is 0 Å². The molecule has 0 radical (unpaired) electrons. The lowest BCUT2D eigenvalue weighted by atomic mass is 9.98. The predicted molar refractivity (Wildman–Crippen MR) is 75.2 cm³/mol. The number of rotatable bonds is 2. The maximum absolute atomic E-state index is 12.7.